The molecule has 0 radical (unpaired) electrons. The fourth-order valence-electron chi connectivity index (χ4n) is 3.26. The second kappa shape index (κ2) is 8.75. The Labute approximate surface area is 162 Å². The van der Waals surface area contributed by atoms with Crippen LogP contribution in [0.2, 0.25) is 0 Å². The van der Waals surface area contributed by atoms with Crippen molar-refractivity contribution in [3.63, 3.8) is 0 Å². The molecule has 1 fully saturated rings. The molecule has 0 amide bonds. The van der Waals surface area contributed by atoms with E-state index in [4.69, 9.17) is 0 Å². The van der Waals surface area contributed by atoms with E-state index in [1.165, 1.54) is 16.8 Å². The third-order valence-corrected chi connectivity index (χ3v) is 4.88. The number of nitrogens with zero attached hydrogens (tertiary/aromatic N) is 4. The van der Waals surface area contributed by atoms with Gasteiger partial charge in [0.1, 0.15) is 5.82 Å². The number of aliphatic imine (C=N–C) groups is 1. The lowest BCUT2D eigenvalue weighted by Crippen LogP contribution is -2.44. The molecule has 144 valence electrons. The minimum Gasteiger partial charge on any atom is -0.369 e. The molecule has 1 saturated heterocycles. The summed E-state index contributed by atoms with van der Waals surface area (Å²) in [6, 6.07) is 13.3. The summed E-state index contributed by atoms with van der Waals surface area (Å²) in [5.74, 6) is 1.80. The maximum absolute atomic E-state index is 4.38. The largest absolute Gasteiger partial charge is 0.369 e. The lowest BCUT2D eigenvalue weighted by atomic mass is 10.2. The van der Waals surface area contributed by atoms with Crippen LogP contribution in [-0.4, -0.2) is 51.2 Å². The summed E-state index contributed by atoms with van der Waals surface area (Å²) in [4.78, 5) is 13.2. The van der Waals surface area contributed by atoms with E-state index in [2.05, 4.69) is 62.8 Å². The average Bonchev–Trinajstić information content (AvgIpc) is 3.14. The summed E-state index contributed by atoms with van der Waals surface area (Å²) in [5.41, 5.74) is 3.77. The summed E-state index contributed by atoms with van der Waals surface area (Å²) < 4.78 is 0. The van der Waals surface area contributed by atoms with Crippen LogP contribution < -0.4 is 20.4 Å². The normalized spacial score (nSPS) is 17.1. The lowest BCUT2D eigenvalue weighted by Gasteiger charge is -2.20. The second-order valence-corrected chi connectivity index (χ2v) is 7.25. The Hall–Kier alpha value is -2.76. The SMILES string of the molecule is CN=C(NCc1ccnc(N(C)C)c1)NC1CCN(c2ccc(C)cc2)C1. The Kier molecular flexibility index (Phi) is 6.16. The first-order chi connectivity index (χ1) is 13.0. The van der Waals surface area contributed by atoms with Crippen molar-refractivity contribution in [3.05, 3.63) is 53.7 Å². The monoisotopic (exact) mass is 366 g/mol. The quantitative estimate of drug-likeness (QED) is 0.629. The van der Waals surface area contributed by atoms with Gasteiger partial charge in [0.2, 0.25) is 0 Å². The standard InChI is InChI=1S/C21H30N6/c1-16-5-7-19(8-6-16)27-12-10-18(15-27)25-21(22-2)24-14-17-9-11-23-20(13-17)26(3)4/h5-9,11,13,18H,10,12,14-15H2,1-4H3,(H2,22,24,25). The molecule has 0 saturated carbocycles. The molecule has 0 spiro atoms. The molecule has 2 N–H and O–H groups in total. The van der Waals surface area contributed by atoms with Crippen molar-refractivity contribution in [2.75, 3.05) is 44.0 Å². The predicted molar refractivity (Wildman–Crippen MR) is 114 cm³/mol. The van der Waals surface area contributed by atoms with Crippen LogP contribution >= 0.6 is 0 Å². The fraction of sp³-hybridized carbons (Fsp3) is 0.429. The molecule has 0 aliphatic carbocycles. The van der Waals surface area contributed by atoms with E-state index in [1.807, 2.05) is 38.3 Å². The first-order valence-electron chi connectivity index (χ1n) is 9.46. The number of rotatable bonds is 5. The third-order valence-electron chi connectivity index (χ3n) is 4.88. The Balaban J connectivity index is 1.52. The molecule has 1 aliphatic rings. The van der Waals surface area contributed by atoms with Crippen LogP contribution in [0.4, 0.5) is 11.5 Å². The van der Waals surface area contributed by atoms with Crippen LogP contribution in [0.1, 0.15) is 17.5 Å². The van der Waals surface area contributed by atoms with Gasteiger partial charge >= 0.3 is 0 Å². The van der Waals surface area contributed by atoms with Gasteiger partial charge in [-0.2, -0.15) is 0 Å². The maximum Gasteiger partial charge on any atom is 0.191 e. The number of pyridine rings is 1. The minimum absolute atomic E-state index is 0.396. The highest BCUT2D eigenvalue weighted by molar-refractivity contribution is 5.80. The van der Waals surface area contributed by atoms with Crippen molar-refractivity contribution in [1.82, 2.24) is 15.6 Å². The number of hydrogen-bond donors (Lipinski definition) is 2. The molecule has 1 unspecified atom stereocenters. The second-order valence-electron chi connectivity index (χ2n) is 7.25. The van der Waals surface area contributed by atoms with Crippen molar-refractivity contribution in [3.8, 4) is 0 Å². The van der Waals surface area contributed by atoms with Gasteiger partial charge in [-0.1, -0.05) is 17.7 Å². The van der Waals surface area contributed by atoms with Gasteiger partial charge in [-0.05, 0) is 43.2 Å². The zero-order valence-electron chi connectivity index (χ0n) is 16.7. The highest BCUT2D eigenvalue weighted by Crippen LogP contribution is 2.20. The number of nitrogens with one attached hydrogen (secondary N) is 2. The third kappa shape index (κ3) is 5.12. The highest BCUT2D eigenvalue weighted by Gasteiger charge is 2.23. The zero-order chi connectivity index (χ0) is 19.2. The van der Waals surface area contributed by atoms with E-state index < -0.39 is 0 Å². The number of hydrogen-bond acceptors (Lipinski definition) is 4. The zero-order valence-corrected chi connectivity index (χ0v) is 16.7. The van der Waals surface area contributed by atoms with Crippen LogP contribution in [0, 0.1) is 6.92 Å². The van der Waals surface area contributed by atoms with E-state index >= 15 is 0 Å². The highest BCUT2D eigenvalue weighted by atomic mass is 15.2. The molecule has 1 aromatic heterocycles. The summed E-state index contributed by atoms with van der Waals surface area (Å²) in [6.45, 7) is 4.90. The smallest absolute Gasteiger partial charge is 0.191 e. The van der Waals surface area contributed by atoms with Gasteiger partial charge in [0.25, 0.3) is 0 Å². The number of benzene rings is 1. The molecule has 2 aromatic rings. The molecule has 1 aromatic carbocycles. The van der Waals surface area contributed by atoms with Crippen molar-refractivity contribution in [1.29, 1.82) is 0 Å². The van der Waals surface area contributed by atoms with Gasteiger partial charge in [-0.25, -0.2) is 4.98 Å². The Morgan fingerprint density at radius 3 is 2.74 bits per heavy atom. The summed E-state index contributed by atoms with van der Waals surface area (Å²) in [5, 5.41) is 6.97. The van der Waals surface area contributed by atoms with E-state index in [9.17, 15) is 0 Å². The van der Waals surface area contributed by atoms with Gasteiger partial charge in [0.05, 0.1) is 0 Å². The lowest BCUT2D eigenvalue weighted by molar-refractivity contribution is 0.648. The number of anilines is 2. The Morgan fingerprint density at radius 1 is 1.26 bits per heavy atom. The van der Waals surface area contributed by atoms with E-state index in [-0.39, 0.29) is 0 Å². The van der Waals surface area contributed by atoms with Crippen LogP contribution in [0.3, 0.4) is 0 Å². The van der Waals surface area contributed by atoms with Crippen LogP contribution in [0.25, 0.3) is 0 Å². The summed E-state index contributed by atoms with van der Waals surface area (Å²) in [7, 11) is 5.82. The Bertz CT molecular complexity index is 768. The molecule has 6 heteroatoms. The fourth-order valence-corrected chi connectivity index (χ4v) is 3.26. The average molecular weight is 367 g/mol. The van der Waals surface area contributed by atoms with Gasteiger partial charge < -0.3 is 20.4 Å². The minimum atomic E-state index is 0.396. The predicted octanol–water partition coefficient (Wildman–Crippen LogP) is 2.40. The number of guanidine groups is 1. The molecule has 1 aliphatic heterocycles. The molecular formula is C21H30N6. The van der Waals surface area contributed by atoms with Crippen LogP contribution in [0.15, 0.2) is 47.6 Å². The van der Waals surface area contributed by atoms with Crippen molar-refractivity contribution >= 4 is 17.5 Å². The first kappa shape index (κ1) is 19.0. The van der Waals surface area contributed by atoms with Crippen molar-refractivity contribution in [2.24, 2.45) is 4.99 Å². The molecule has 6 nitrogen and oxygen atoms in total. The number of aromatic nitrogens is 1. The molecule has 0 bridgehead atoms. The molecular weight excluding hydrogens is 336 g/mol. The van der Waals surface area contributed by atoms with Gasteiger partial charge in [-0.15, -0.1) is 0 Å². The van der Waals surface area contributed by atoms with Crippen molar-refractivity contribution < 1.29 is 0 Å². The molecule has 3 rings (SSSR count). The first-order valence-corrected chi connectivity index (χ1v) is 9.46. The van der Waals surface area contributed by atoms with Gasteiger partial charge in [0.15, 0.2) is 5.96 Å². The Morgan fingerprint density at radius 2 is 2.04 bits per heavy atom. The van der Waals surface area contributed by atoms with Gasteiger partial charge in [-0.3, -0.25) is 4.99 Å². The maximum atomic E-state index is 4.38. The van der Waals surface area contributed by atoms with E-state index in [0.717, 1.165) is 37.8 Å². The van der Waals surface area contributed by atoms with E-state index in [1.54, 1.807) is 0 Å². The molecule has 27 heavy (non-hydrogen) atoms. The summed E-state index contributed by atoms with van der Waals surface area (Å²) >= 11 is 0. The van der Waals surface area contributed by atoms with Crippen molar-refractivity contribution in [2.45, 2.75) is 25.9 Å². The van der Waals surface area contributed by atoms with Crippen LogP contribution in [-0.2, 0) is 6.54 Å². The van der Waals surface area contributed by atoms with Gasteiger partial charge in [0, 0.05) is 58.7 Å². The topological polar surface area (TPSA) is 55.8 Å². The molecule has 2 heterocycles. The molecule has 1 atom stereocenters. The van der Waals surface area contributed by atoms with Crippen LogP contribution in [0.5, 0.6) is 0 Å². The van der Waals surface area contributed by atoms with E-state index in [0.29, 0.717) is 6.04 Å². The summed E-state index contributed by atoms with van der Waals surface area (Å²) in [6.07, 6.45) is 2.95. The number of aryl methyl sites for hydroxylation is 1.